The van der Waals surface area contributed by atoms with E-state index in [9.17, 15) is 16.8 Å². The van der Waals surface area contributed by atoms with Crippen molar-refractivity contribution in [1.82, 2.24) is 4.31 Å². The molecule has 1 unspecified atom stereocenters. The van der Waals surface area contributed by atoms with Crippen molar-refractivity contribution in [3.05, 3.63) is 11.6 Å². The molecular formula is C12H20N2O6S3. The normalized spacial score (nSPS) is 21.3. The third-order valence-corrected chi connectivity index (χ3v) is 8.36. The van der Waals surface area contributed by atoms with Gasteiger partial charge in [0.25, 0.3) is 10.0 Å². The Balaban J connectivity index is 2.44. The van der Waals surface area contributed by atoms with E-state index in [1.807, 2.05) is 0 Å². The lowest BCUT2D eigenvalue weighted by Gasteiger charge is -2.31. The van der Waals surface area contributed by atoms with Crippen LogP contribution in [0, 0.1) is 0 Å². The average molecular weight is 385 g/mol. The molecule has 0 bridgehead atoms. The largest absolute Gasteiger partial charge is 0.385 e. The maximum absolute atomic E-state index is 12.7. The minimum Gasteiger partial charge on any atom is -0.385 e. The quantitative estimate of drug-likeness (QED) is 0.685. The molecule has 132 valence electrons. The lowest BCUT2D eigenvalue weighted by Crippen LogP contribution is -2.40. The first kappa shape index (κ1) is 18.8. The number of hydrogen-bond donors (Lipinski definition) is 1. The zero-order valence-electron chi connectivity index (χ0n) is 12.9. The number of methoxy groups -OCH3 is 1. The molecule has 0 amide bonds. The van der Waals surface area contributed by atoms with Crippen LogP contribution in [0.3, 0.4) is 0 Å². The van der Waals surface area contributed by atoms with Crippen molar-refractivity contribution in [1.29, 1.82) is 0 Å². The second kappa shape index (κ2) is 7.13. The SMILES string of the molecule is CCOC1CN(CCCOC)S(=O)(=O)c2sc(S(N)(=O)=O)cc21. The molecule has 1 aromatic rings. The molecule has 23 heavy (non-hydrogen) atoms. The third-order valence-electron chi connectivity index (χ3n) is 3.40. The van der Waals surface area contributed by atoms with Gasteiger partial charge in [-0.05, 0) is 19.4 Å². The average Bonchev–Trinajstić information content (AvgIpc) is 2.90. The van der Waals surface area contributed by atoms with E-state index in [-0.39, 0.29) is 21.5 Å². The van der Waals surface area contributed by atoms with Gasteiger partial charge in [0.1, 0.15) is 8.42 Å². The fourth-order valence-electron chi connectivity index (χ4n) is 2.37. The number of nitrogens with two attached hydrogens (primary N) is 1. The number of ether oxygens (including phenoxy) is 2. The first-order valence-electron chi connectivity index (χ1n) is 6.99. The van der Waals surface area contributed by atoms with Crippen molar-refractivity contribution in [2.24, 2.45) is 5.14 Å². The molecule has 0 aromatic carbocycles. The van der Waals surface area contributed by atoms with Gasteiger partial charge in [0.2, 0.25) is 10.0 Å². The van der Waals surface area contributed by atoms with Gasteiger partial charge in [0.05, 0.1) is 6.10 Å². The summed E-state index contributed by atoms with van der Waals surface area (Å²) in [5.74, 6) is 0. The summed E-state index contributed by atoms with van der Waals surface area (Å²) in [5.41, 5.74) is 0.365. The molecule has 2 heterocycles. The number of fused-ring (bicyclic) bond motifs is 1. The smallest absolute Gasteiger partial charge is 0.253 e. The highest BCUT2D eigenvalue weighted by Gasteiger charge is 2.40. The van der Waals surface area contributed by atoms with Crippen LogP contribution in [0.4, 0.5) is 0 Å². The van der Waals surface area contributed by atoms with E-state index in [4.69, 9.17) is 14.6 Å². The van der Waals surface area contributed by atoms with Crippen LogP contribution in [-0.4, -0.2) is 54.6 Å². The molecule has 8 nitrogen and oxygen atoms in total. The number of sulfonamides is 2. The van der Waals surface area contributed by atoms with E-state index in [2.05, 4.69) is 0 Å². The van der Waals surface area contributed by atoms with E-state index in [0.29, 0.717) is 36.5 Å². The molecule has 1 aliphatic heterocycles. The van der Waals surface area contributed by atoms with E-state index in [1.54, 1.807) is 14.0 Å². The topological polar surface area (TPSA) is 116 Å². The van der Waals surface area contributed by atoms with Crippen molar-refractivity contribution in [2.75, 3.05) is 33.4 Å². The highest BCUT2D eigenvalue weighted by atomic mass is 32.3. The number of rotatable bonds is 7. The fraction of sp³-hybridized carbons (Fsp3) is 0.667. The Labute approximate surface area is 140 Å². The summed E-state index contributed by atoms with van der Waals surface area (Å²) >= 11 is 0.668. The molecule has 1 atom stereocenters. The molecule has 2 rings (SSSR count). The molecule has 0 spiro atoms. The first-order chi connectivity index (χ1) is 10.7. The summed E-state index contributed by atoms with van der Waals surface area (Å²) in [6, 6.07) is 1.31. The summed E-state index contributed by atoms with van der Waals surface area (Å²) < 4.78 is 60.1. The molecule has 1 aliphatic rings. The maximum atomic E-state index is 12.7. The van der Waals surface area contributed by atoms with Gasteiger partial charge in [-0.1, -0.05) is 0 Å². The van der Waals surface area contributed by atoms with E-state index >= 15 is 0 Å². The van der Waals surface area contributed by atoms with Crippen LogP contribution in [-0.2, 0) is 29.5 Å². The predicted molar refractivity (Wildman–Crippen MR) is 85.3 cm³/mol. The van der Waals surface area contributed by atoms with Crippen LogP contribution in [0.25, 0.3) is 0 Å². The number of primary sulfonamides is 1. The Morgan fingerprint density at radius 3 is 2.74 bits per heavy atom. The van der Waals surface area contributed by atoms with Gasteiger partial charge in [-0.2, -0.15) is 4.31 Å². The monoisotopic (exact) mass is 384 g/mol. The lowest BCUT2D eigenvalue weighted by atomic mass is 10.2. The molecule has 0 radical (unpaired) electrons. The van der Waals surface area contributed by atoms with Crippen molar-refractivity contribution in [3.8, 4) is 0 Å². The van der Waals surface area contributed by atoms with Crippen LogP contribution in [0.2, 0.25) is 0 Å². The number of thiophene rings is 1. The zero-order chi connectivity index (χ0) is 17.3. The summed E-state index contributed by atoms with van der Waals surface area (Å²) in [6.45, 7) is 3.04. The second-order valence-corrected chi connectivity index (χ2v) is 9.98. The highest BCUT2D eigenvalue weighted by Crippen LogP contribution is 2.41. The molecule has 11 heteroatoms. The summed E-state index contributed by atoms with van der Waals surface area (Å²) in [4.78, 5) is 0. The minimum absolute atomic E-state index is 0.0105. The third kappa shape index (κ3) is 3.92. The van der Waals surface area contributed by atoms with Crippen molar-refractivity contribution >= 4 is 31.4 Å². The van der Waals surface area contributed by atoms with E-state index < -0.39 is 26.2 Å². The molecule has 0 saturated carbocycles. The van der Waals surface area contributed by atoms with Crippen LogP contribution in [0.5, 0.6) is 0 Å². The Kier molecular flexibility index (Phi) is 5.82. The Morgan fingerprint density at radius 1 is 1.48 bits per heavy atom. The molecule has 0 aliphatic carbocycles. The Bertz CT molecular complexity index is 756. The highest BCUT2D eigenvalue weighted by molar-refractivity contribution is 7.94. The lowest BCUT2D eigenvalue weighted by molar-refractivity contribution is 0.0423. The Hall–Kier alpha value is -0.560. The van der Waals surface area contributed by atoms with Gasteiger partial charge < -0.3 is 9.47 Å². The molecule has 1 aromatic heterocycles. The summed E-state index contributed by atoms with van der Waals surface area (Å²) in [6.07, 6.45) is 0.0324. The van der Waals surface area contributed by atoms with Crippen LogP contribution in [0.15, 0.2) is 14.5 Å². The molecule has 0 fully saturated rings. The van der Waals surface area contributed by atoms with E-state index in [0.717, 1.165) is 0 Å². The van der Waals surface area contributed by atoms with Gasteiger partial charge in [-0.15, -0.1) is 11.3 Å². The summed E-state index contributed by atoms with van der Waals surface area (Å²) in [7, 11) is -6.18. The van der Waals surface area contributed by atoms with Crippen LogP contribution < -0.4 is 5.14 Å². The summed E-state index contributed by atoms with van der Waals surface area (Å²) in [5, 5.41) is 5.13. The molecule has 2 N–H and O–H groups in total. The van der Waals surface area contributed by atoms with Gasteiger partial charge >= 0.3 is 0 Å². The van der Waals surface area contributed by atoms with E-state index in [1.165, 1.54) is 10.4 Å². The fourth-order valence-corrected chi connectivity index (χ4v) is 6.64. The minimum atomic E-state index is -3.96. The van der Waals surface area contributed by atoms with Gasteiger partial charge in [0, 0.05) is 39.0 Å². The van der Waals surface area contributed by atoms with Crippen molar-refractivity contribution in [3.63, 3.8) is 0 Å². The van der Waals surface area contributed by atoms with Gasteiger partial charge in [-0.25, -0.2) is 22.0 Å². The number of hydrogen-bond acceptors (Lipinski definition) is 7. The van der Waals surface area contributed by atoms with Crippen molar-refractivity contribution < 1.29 is 26.3 Å². The number of nitrogens with zero attached hydrogens (tertiary/aromatic N) is 1. The first-order valence-corrected chi connectivity index (χ1v) is 10.8. The molecule has 0 saturated heterocycles. The van der Waals surface area contributed by atoms with Gasteiger partial charge in [-0.3, -0.25) is 0 Å². The Morgan fingerprint density at radius 2 is 2.17 bits per heavy atom. The molecular weight excluding hydrogens is 364 g/mol. The predicted octanol–water partition coefficient (Wildman–Crippen LogP) is 0.514. The van der Waals surface area contributed by atoms with Gasteiger partial charge in [0.15, 0.2) is 0 Å². The zero-order valence-corrected chi connectivity index (χ0v) is 15.3. The van der Waals surface area contributed by atoms with Crippen molar-refractivity contribution in [2.45, 2.75) is 27.9 Å². The van der Waals surface area contributed by atoms with Crippen LogP contribution in [0.1, 0.15) is 25.0 Å². The second-order valence-electron chi connectivity index (χ2n) is 5.01. The van der Waals surface area contributed by atoms with Crippen LogP contribution >= 0.6 is 11.3 Å². The standard InChI is InChI=1S/C12H20N2O6S3/c1-3-20-10-8-14(5-4-6-19-2)23(17,18)12-9(10)7-11(21-12)22(13,15)16/h7,10H,3-6,8H2,1-2H3,(H2,13,15,16). The maximum Gasteiger partial charge on any atom is 0.253 e.